The first-order valence-electron chi connectivity index (χ1n) is 3.22. The van der Waals surface area contributed by atoms with E-state index >= 15 is 0 Å². The molecule has 2 nitrogen and oxygen atoms in total. The topological polar surface area (TPSA) is 17.8 Å². The van der Waals surface area contributed by atoms with Crippen LogP contribution in [0, 0.1) is 6.92 Å². The molecule has 0 spiro atoms. The first-order chi connectivity index (χ1) is 5.77. The van der Waals surface area contributed by atoms with Crippen molar-refractivity contribution in [2.45, 2.75) is 17.6 Å². The van der Waals surface area contributed by atoms with Gasteiger partial charge in [-0.1, -0.05) is 23.2 Å². The van der Waals surface area contributed by atoms with Crippen LogP contribution in [-0.4, -0.2) is 14.1 Å². The molecule has 1 heterocycles. The molecule has 0 amide bonds. The summed E-state index contributed by atoms with van der Waals surface area (Å²) in [7, 11) is 0. The highest BCUT2D eigenvalue weighted by Crippen LogP contribution is 2.43. The molecule has 0 aliphatic heterocycles. The molecule has 1 rings (SSSR count). The summed E-state index contributed by atoms with van der Waals surface area (Å²) < 4.78 is 35.3. The molecule has 0 fully saturated rings. The molecule has 0 aliphatic carbocycles. The molecular weight excluding hydrogens is 228 g/mol. The predicted molar refractivity (Wildman–Crippen MR) is 42.7 cm³/mol. The SMILES string of the molecule is Cc1nccn1C(F)(F)C(F)(Cl)Cl. The fourth-order valence-electron chi connectivity index (χ4n) is 0.811. The minimum atomic E-state index is -4.03. The molecule has 7 heteroatoms. The number of hydrogen-bond acceptors (Lipinski definition) is 1. The Morgan fingerprint density at radius 2 is 1.92 bits per heavy atom. The lowest BCUT2D eigenvalue weighted by atomic mass is 10.5. The van der Waals surface area contributed by atoms with Crippen LogP contribution in [0.5, 0.6) is 0 Å². The van der Waals surface area contributed by atoms with Gasteiger partial charge in [-0.25, -0.2) is 4.98 Å². The lowest BCUT2D eigenvalue weighted by Crippen LogP contribution is -2.38. The third-order valence-corrected chi connectivity index (χ3v) is 1.92. The molecule has 0 N–H and O–H groups in total. The van der Waals surface area contributed by atoms with E-state index in [1.807, 2.05) is 0 Å². The third kappa shape index (κ3) is 1.76. The molecule has 0 unspecified atom stereocenters. The van der Waals surface area contributed by atoms with Crippen molar-refractivity contribution in [1.82, 2.24) is 9.55 Å². The molecule has 1 aromatic heterocycles. The highest BCUT2D eigenvalue weighted by molar-refractivity contribution is 6.47. The van der Waals surface area contributed by atoms with E-state index in [4.69, 9.17) is 0 Å². The average Bonchev–Trinajstić information content (AvgIpc) is 2.32. The fourth-order valence-corrected chi connectivity index (χ4v) is 0.993. The summed E-state index contributed by atoms with van der Waals surface area (Å²) in [5.74, 6) is -0.0756. The van der Waals surface area contributed by atoms with Crippen molar-refractivity contribution in [3.63, 3.8) is 0 Å². The average molecular weight is 233 g/mol. The summed E-state index contributed by atoms with van der Waals surface area (Å²) >= 11 is 9.38. The van der Waals surface area contributed by atoms with Crippen LogP contribution in [-0.2, 0) is 6.05 Å². The minimum absolute atomic E-state index is 0.0756. The monoisotopic (exact) mass is 232 g/mol. The second kappa shape index (κ2) is 3.06. The van der Waals surface area contributed by atoms with Crippen LogP contribution in [0.3, 0.4) is 0 Å². The molecule has 0 saturated carbocycles. The van der Waals surface area contributed by atoms with Crippen molar-refractivity contribution in [1.29, 1.82) is 0 Å². The highest BCUT2D eigenvalue weighted by atomic mass is 35.5. The summed E-state index contributed by atoms with van der Waals surface area (Å²) in [5, 5.41) is 0. The van der Waals surface area contributed by atoms with Crippen LogP contribution in [0.25, 0.3) is 0 Å². The van der Waals surface area contributed by atoms with Crippen molar-refractivity contribution in [3.05, 3.63) is 18.2 Å². The molecular formula is C6H5Cl2F3N2. The zero-order valence-electron chi connectivity index (χ0n) is 6.44. The van der Waals surface area contributed by atoms with Crippen LogP contribution in [0.2, 0.25) is 0 Å². The Balaban J connectivity index is 3.15. The van der Waals surface area contributed by atoms with E-state index in [2.05, 4.69) is 28.2 Å². The van der Waals surface area contributed by atoms with Gasteiger partial charge in [-0.2, -0.15) is 13.2 Å². The van der Waals surface area contributed by atoms with E-state index in [1.165, 1.54) is 6.92 Å². The maximum absolute atomic E-state index is 13.0. The molecule has 74 valence electrons. The predicted octanol–water partition coefficient (Wildman–Crippen LogP) is 2.84. The first-order valence-corrected chi connectivity index (χ1v) is 3.97. The van der Waals surface area contributed by atoms with Gasteiger partial charge in [0.25, 0.3) is 0 Å². The molecule has 0 aromatic carbocycles. The molecule has 0 saturated heterocycles. The number of rotatable bonds is 2. The molecule has 1 aromatic rings. The van der Waals surface area contributed by atoms with Crippen LogP contribution < -0.4 is 0 Å². The van der Waals surface area contributed by atoms with Gasteiger partial charge in [-0.15, -0.1) is 0 Å². The highest BCUT2D eigenvalue weighted by Gasteiger charge is 2.55. The maximum atomic E-state index is 13.0. The van der Waals surface area contributed by atoms with Gasteiger partial charge in [-0.05, 0) is 6.92 Å². The Bertz CT molecular complexity index is 305. The van der Waals surface area contributed by atoms with Crippen LogP contribution in [0.15, 0.2) is 12.4 Å². The summed E-state index contributed by atoms with van der Waals surface area (Å²) in [6, 6.07) is -4.03. The second-order valence-electron chi connectivity index (χ2n) is 2.38. The van der Waals surface area contributed by atoms with Crippen LogP contribution >= 0.6 is 23.2 Å². The number of aromatic nitrogens is 2. The van der Waals surface area contributed by atoms with Gasteiger partial charge < -0.3 is 0 Å². The second-order valence-corrected chi connectivity index (χ2v) is 3.62. The zero-order chi connectivity index (χ0) is 10.3. The standard InChI is InChI=1S/C6H5Cl2F3N2/c1-4-12-2-3-13(4)6(10,11)5(7,8)9/h2-3H,1H3. The molecule has 13 heavy (non-hydrogen) atoms. The van der Waals surface area contributed by atoms with Gasteiger partial charge in [0.05, 0.1) is 0 Å². The summed E-state index contributed by atoms with van der Waals surface area (Å²) in [6.45, 7) is 1.29. The maximum Gasteiger partial charge on any atom is 0.392 e. The Morgan fingerprint density at radius 3 is 2.23 bits per heavy atom. The van der Waals surface area contributed by atoms with Gasteiger partial charge in [0.2, 0.25) is 0 Å². The van der Waals surface area contributed by atoms with E-state index in [0.29, 0.717) is 0 Å². The van der Waals surface area contributed by atoms with Gasteiger partial charge in [-0.3, -0.25) is 4.57 Å². The van der Waals surface area contributed by atoms with Gasteiger partial charge in [0.15, 0.2) is 0 Å². The molecule has 0 radical (unpaired) electrons. The normalized spacial score (nSPS) is 13.4. The first kappa shape index (κ1) is 10.7. The number of aryl methyl sites for hydroxylation is 1. The van der Waals surface area contributed by atoms with E-state index < -0.39 is 10.6 Å². The Hall–Kier alpha value is -0.420. The van der Waals surface area contributed by atoms with Crippen molar-refractivity contribution < 1.29 is 13.2 Å². The fraction of sp³-hybridized carbons (Fsp3) is 0.500. The quantitative estimate of drug-likeness (QED) is 0.718. The Kier molecular flexibility index (Phi) is 2.51. The molecule has 0 aliphatic rings. The number of nitrogens with zero attached hydrogens (tertiary/aromatic N) is 2. The molecule has 0 bridgehead atoms. The number of halogens is 5. The lowest BCUT2D eigenvalue weighted by Gasteiger charge is -2.24. The van der Waals surface area contributed by atoms with E-state index in [1.54, 1.807) is 0 Å². The van der Waals surface area contributed by atoms with Gasteiger partial charge in [0.1, 0.15) is 5.82 Å². The van der Waals surface area contributed by atoms with Crippen molar-refractivity contribution in [3.8, 4) is 0 Å². The minimum Gasteiger partial charge on any atom is -0.270 e. The number of alkyl halides is 5. The van der Waals surface area contributed by atoms with Crippen LogP contribution in [0.1, 0.15) is 5.82 Å². The summed E-state index contributed by atoms with van der Waals surface area (Å²) in [6.07, 6.45) is 2.00. The largest absolute Gasteiger partial charge is 0.392 e. The summed E-state index contributed by atoms with van der Waals surface area (Å²) in [5.41, 5.74) is 0. The van der Waals surface area contributed by atoms with E-state index in [9.17, 15) is 13.2 Å². The van der Waals surface area contributed by atoms with Crippen molar-refractivity contribution in [2.24, 2.45) is 0 Å². The zero-order valence-corrected chi connectivity index (χ0v) is 7.95. The van der Waals surface area contributed by atoms with Gasteiger partial charge >= 0.3 is 10.6 Å². The Labute approximate surface area is 82.3 Å². The van der Waals surface area contributed by atoms with Crippen molar-refractivity contribution >= 4 is 23.2 Å². The summed E-state index contributed by atoms with van der Waals surface area (Å²) in [4.78, 5) is 3.50. The lowest BCUT2D eigenvalue weighted by molar-refractivity contribution is -0.133. The van der Waals surface area contributed by atoms with Crippen molar-refractivity contribution in [2.75, 3.05) is 0 Å². The third-order valence-electron chi connectivity index (χ3n) is 1.47. The number of hydrogen-bond donors (Lipinski definition) is 0. The molecule has 0 atom stereocenters. The van der Waals surface area contributed by atoms with Gasteiger partial charge in [0, 0.05) is 12.4 Å². The van der Waals surface area contributed by atoms with E-state index in [0.717, 1.165) is 12.4 Å². The van der Waals surface area contributed by atoms with E-state index in [-0.39, 0.29) is 10.4 Å². The van der Waals surface area contributed by atoms with Crippen LogP contribution in [0.4, 0.5) is 13.2 Å². The smallest absolute Gasteiger partial charge is 0.270 e. The Morgan fingerprint density at radius 1 is 1.38 bits per heavy atom. The number of imidazole rings is 1.